The zero-order valence-electron chi connectivity index (χ0n) is 10.4. The number of benzene rings is 1. The molecule has 0 heterocycles. The molecule has 2 atom stereocenters. The van der Waals surface area contributed by atoms with Gasteiger partial charge in [-0.1, -0.05) is 19.1 Å². The minimum absolute atomic E-state index is 0.125. The largest absolute Gasteiger partial charge is 0.384 e. The summed E-state index contributed by atoms with van der Waals surface area (Å²) >= 11 is 0. The normalized spacial score (nSPS) is 16.9. The molecule has 0 saturated carbocycles. The molecule has 1 aromatic carbocycles. The number of nitrogens with two attached hydrogens (primary N) is 1. The maximum atomic E-state index is 13.5. The molecule has 1 aromatic rings. The Bertz CT molecular complexity index is 363. The summed E-state index contributed by atoms with van der Waals surface area (Å²) in [6.07, 6.45) is 0. The molecule has 0 amide bonds. The van der Waals surface area contributed by atoms with E-state index in [-0.39, 0.29) is 11.7 Å². The third kappa shape index (κ3) is 2.60. The molecule has 2 N–H and O–H groups in total. The Hall–Kier alpha value is -0.930. The smallest absolute Gasteiger partial charge is 0.126 e. The highest BCUT2D eigenvalue weighted by Gasteiger charge is 2.29. The zero-order chi connectivity index (χ0) is 12.3. The van der Waals surface area contributed by atoms with E-state index in [2.05, 4.69) is 0 Å². The van der Waals surface area contributed by atoms with Crippen LogP contribution >= 0.6 is 0 Å². The lowest BCUT2D eigenvalue weighted by molar-refractivity contribution is 0.120. The van der Waals surface area contributed by atoms with Gasteiger partial charge in [-0.3, -0.25) is 0 Å². The standard InChI is InChI=1S/C13H20FNO/c1-9-5-6-11(7-12(9)14)13(3,15)10(2)8-16-4/h5-7,10H,8,15H2,1-4H3. The number of rotatable bonds is 4. The summed E-state index contributed by atoms with van der Waals surface area (Å²) in [5, 5.41) is 0. The molecular weight excluding hydrogens is 205 g/mol. The van der Waals surface area contributed by atoms with Crippen molar-refractivity contribution in [2.24, 2.45) is 11.7 Å². The van der Waals surface area contributed by atoms with Crippen LogP contribution in [0.1, 0.15) is 25.0 Å². The van der Waals surface area contributed by atoms with E-state index in [1.807, 2.05) is 19.9 Å². The van der Waals surface area contributed by atoms with E-state index in [1.165, 1.54) is 6.07 Å². The Labute approximate surface area is 96.6 Å². The topological polar surface area (TPSA) is 35.2 Å². The molecule has 1 rings (SSSR count). The van der Waals surface area contributed by atoms with Crippen molar-refractivity contribution in [2.45, 2.75) is 26.3 Å². The number of halogens is 1. The van der Waals surface area contributed by atoms with Gasteiger partial charge in [-0.25, -0.2) is 4.39 Å². The van der Waals surface area contributed by atoms with Crippen LogP contribution in [-0.4, -0.2) is 13.7 Å². The van der Waals surface area contributed by atoms with Crippen LogP contribution in [0, 0.1) is 18.7 Å². The van der Waals surface area contributed by atoms with Crippen molar-refractivity contribution < 1.29 is 9.13 Å². The second-order valence-corrected chi connectivity index (χ2v) is 4.60. The molecule has 2 unspecified atom stereocenters. The van der Waals surface area contributed by atoms with Crippen molar-refractivity contribution in [3.8, 4) is 0 Å². The van der Waals surface area contributed by atoms with Crippen molar-refractivity contribution in [1.82, 2.24) is 0 Å². The van der Waals surface area contributed by atoms with Crippen molar-refractivity contribution in [2.75, 3.05) is 13.7 Å². The maximum Gasteiger partial charge on any atom is 0.126 e. The second kappa shape index (κ2) is 4.93. The van der Waals surface area contributed by atoms with E-state index < -0.39 is 5.54 Å². The van der Waals surface area contributed by atoms with Crippen LogP contribution in [0.25, 0.3) is 0 Å². The summed E-state index contributed by atoms with van der Waals surface area (Å²) in [5.41, 5.74) is 7.10. The molecule has 2 nitrogen and oxygen atoms in total. The van der Waals surface area contributed by atoms with Crippen molar-refractivity contribution in [3.63, 3.8) is 0 Å². The molecule has 0 saturated heterocycles. The van der Waals surface area contributed by atoms with Crippen LogP contribution in [0.2, 0.25) is 0 Å². The van der Waals surface area contributed by atoms with Crippen LogP contribution < -0.4 is 5.73 Å². The molecule has 90 valence electrons. The van der Waals surface area contributed by atoms with Gasteiger partial charge in [0.15, 0.2) is 0 Å². The van der Waals surface area contributed by atoms with E-state index >= 15 is 0 Å². The summed E-state index contributed by atoms with van der Waals surface area (Å²) in [5.74, 6) is -0.0848. The first-order valence-corrected chi connectivity index (χ1v) is 5.44. The molecule has 0 aliphatic rings. The average Bonchev–Trinajstić information content (AvgIpc) is 2.22. The van der Waals surface area contributed by atoms with Crippen LogP contribution in [0.15, 0.2) is 18.2 Å². The van der Waals surface area contributed by atoms with Crippen LogP contribution in [0.4, 0.5) is 4.39 Å². The lowest BCUT2D eigenvalue weighted by atomic mass is 9.81. The van der Waals surface area contributed by atoms with Gasteiger partial charge in [-0.15, -0.1) is 0 Å². The third-order valence-corrected chi connectivity index (χ3v) is 3.23. The number of methoxy groups -OCH3 is 1. The first kappa shape index (κ1) is 13.1. The second-order valence-electron chi connectivity index (χ2n) is 4.60. The van der Waals surface area contributed by atoms with Gasteiger partial charge in [-0.05, 0) is 31.0 Å². The van der Waals surface area contributed by atoms with Gasteiger partial charge in [0.2, 0.25) is 0 Å². The fraction of sp³-hybridized carbons (Fsp3) is 0.538. The van der Waals surface area contributed by atoms with Gasteiger partial charge in [0.1, 0.15) is 5.82 Å². The summed E-state index contributed by atoms with van der Waals surface area (Å²) in [7, 11) is 1.64. The Kier molecular flexibility index (Phi) is 4.05. The third-order valence-electron chi connectivity index (χ3n) is 3.23. The van der Waals surface area contributed by atoms with Crippen LogP contribution in [0.3, 0.4) is 0 Å². The fourth-order valence-electron chi connectivity index (χ4n) is 1.64. The molecule has 0 aliphatic carbocycles. The van der Waals surface area contributed by atoms with Crippen molar-refractivity contribution >= 4 is 0 Å². The molecule has 0 aromatic heterocycles. The van der Waals surface area contributed by atoms with E-state index in [4.69, 9.17) is 10.5 Å². The maximum absolute atomic E-state index is 13.5. The minimum atomic E-state index is -0.579. The van der Waals surface area contributed by atoms with Crippen LogP contribution in [0.5, 0.6) is 0 Å². The fourth-order valence-corrected chi connectivity index (χ4v) is 1.64. The molecule has 0 spiro atoms. The van der Waals surface area contributed by atoms with Gasteiger partial charge in [-0.2, -0.15) is 0 Å². The first-order chi connectivity index (χ1) is 7.39. The predicted octanol–water partition coefficient (Wildman–Crippen LogP) is 2.59. The molecule has 16 heavy (non-hydrogen) atoms. The predicted molar refractivity (Wildman–Crippen MR) is 63.7 cm³/mol. The zero-order valence-corrected chi connectivity index (χ0v) is 10.4. The highest BCUT2D eigenvalue weighted by Crippen LogP contribution is 2.27. The molecular formula is C13H20FNO. The van der Waals surface area contributed by atoms with Crippen molar-refractivity contribution in [3.05, 3.63) is 35.1 Å². The molecule has 3 heteroatoms. The minimum Gasteiger partial charge on any atom is -0.384 e. The van der Waals surface area contributed by atoms with Crippen LogP contribution in [-0.2, 0) is 10.3 Å². The first-order valence-electron chi connectivity index (χ1n) is 5.44. The quantitative estimate of drug-likeness (QED) is 0.854. The number of hydrogen-bond acceptors (Lipinski definition) is 2. The molecule has 0 aliphatic heterocycles. The van der Waals surface area contributed by atoms with Gasteiger partial charge < -0.3 is 10.5 Å². The number of aryl methyl sites for hydroxylation is 1. The van der Waals surface area contributed by atoms with Crippen molar-refractivity contribution in [1.29, 1.82) is 0 Å². The highest BCUT2D eigenvalue weighted by molar-refractivity contribution is 5.29. The Morgan fingerprint density at radius 2 is 2.12 bits per heavy atom. The van der Waals surface area contributed by atoms with Gasteiger partial charge in [0, 0.05) is 18.6 Å². The highest BCUT2D eigenvalue weighted by atomic mass is 19.1. The van der Waals surface area contributed by atoms with E-state index in [0.717, 1.165) is 5.56 Å². The van der Waals surface area contributed by atoms with E-state index in [1.54, 1.807) is 20.1 Å². The summed E-state index contributed by atoms with van der Waals surface area (Å²) in [6, 6.07) is 5.15. The van der Waals surface area contributed by atoms with E-state index in [0.29, 0.717) is 12.2 Å². The summed E-state index contributed by atoms with van der Waals surface area (Å²) in [6.45, 7) is 6.20. The lowest BCUT2D eigenvalue weighted by Gasteiger charge is -2.32. The van der Waals surface area contributed by atoms with E-state index in [9.17, 15) is 4.39 Å². The summed E-state index contributed by atoms with van der Waals surface area (Å²) in [4.78, 5) is 0. The Balaban J connectivity index is 3.01. The van der Waals surface area contributed by atoms with Gasteiger partial charge >= 0.3 is 0 Å². The SMILES string of the molecule is COCC(C)C(C)(N)c1ccc(C)c(F)c1. The molecule has 0 fully saturated rings. The molecule has 0 radical (unpaired) electrons. The van der Waals surface area contributed by atoms with Gasteiger partial charge in [0.05, 0.1) is 6.61 Å². The Morgan fingerprint density at radius 1 is 1.50 bits per heavy atom. The van der Waals surface area contributed by atoms with Gasteiger partial charge in [0.25, 0.3) is 0 Å². The Morgan fingerprint density at radius 3 is 2.62 bits per heavy atom. The lowest BCUT2D eigenvalue weighted by Crippen LogP contribution is -2.42. The monoisotopic (exact) mass is 225 g/mol. The number of hydrogen-bond donors (Lipinski definition) is 1. The summed E-state index contributed by atoms with van der Waals surface area (Å²) < 4.78 is 18.6. The number of ether oxygens (including phenoxy) is 1. The average molecular weight is 225 g/mol. The molecule has 0 bridgehead atoms.